The number of alkyl halides is 1. The van der Waals surface area contributed by atoms with E-state index in [-0.39, 0.29) is 0 Å². The smallest absolute Gasteiger partial charge is 0.278 e. The second-order valence-electron chi connectivity index (χ2n) is 4.49. The van der Waals surface area contributed by atoms with Crippen LogP contribution in [0.2, 0.25) is 0 Å². The van der Waals surface area contributed by atoms with Crippen molar-refractivity contribution in [3.63, 3.8) is 0 Å². The molecular weight excluding hydrogens is 320 g/mol. The highest BCUT2D eigenvalue weighted by Crippen LogP contribution is 2.27. The molecule has 0 unspecified atom stereocenters. The van der Waals surface area contributed by atoms with E-state index >= 15 is 0 Å². The molecule has 4 nitrogen and oxygen atoms in total. The number of aromatic nitrogens is 2. The lowest BCUT2D eigenvalue weighted by atomic mass is 10.2. The number of halogens is 1. The SMILES string of the molecule is CCCOc1nc2ccc(CBr)cc2nc1OCCC. The van der Waals surface area contributed by atoms with Gasteiger partial charge in [-0.15, -0.1) is 0 Å². The molecule has 108 valence electrons. The van der Waals surface area contributed by atoms with Crippen molar-refractivity contribution in [1.82, 2.24) is 9.97 Å². The Bertz CT molecular complexity index is 575. The summed E-state index contributed by atoms with van der Waals surface area (Å²) < 4.78 is 11.3. The van der Waals surface area contributed by atoms with Crippen molar-refractivity contribution in [2.24, 2.45) is 0 Å². The number of rotatable bonds is 7. The quantitative estimate of drug-likeness (QED) is 0.713. The predicted molar refractivity (Wildman–Crippen MR) is 83.7 cm³/mol. The molecule has 5 heteroatoms. The Balaban J connectivity index is 2.40. The van der Waals surface area contributed by atoms with Crippen LogP contribution in [0.15, 0.2) is 18.2 Å². The number of fused-ring (bicyclic) bond motifs is 1. The first-order valence-corrected chi connectivity index (χ1v) is 8.02. The number of nitrogens with zero attached hydrogens (tertiary/aromatic N) is 2. The fourth-order valence-corrected chi connectivity index (χ4v) is 2.08. The molecule has 1 aromatic heterocycles. The molecule has 1 aromatic carbocycles. The third-order valence-electron chi connectivity index (χ3n) is 2.71. The van der Waals surface area contributed by atoms with Crippen molar-refractivity contribution >= 4 is 27.0 Å². The van der Waals surface area contributed by atoms with Gasteiger partial charge in [0.1, 0.15) is 0 Å². The van der Waals surface area contributed by atoms with E-state index in [2.05, 4.69) is 39.7 Å². The molecule has 0 saturated carbocycles. The van der Waals surface area contributed by atoms with Gasteiger partial charge in [-0.2, -0.15) is 0 Å². The number of hydrogen-bond acceptors (Lipinski definition) is 4. The summed E-state index contributed by atoms with van der Waals surface area (Å²) in [7, 11) is 0. The summed E-state index contributed by atoms with van der Waals surface area (Å²) in [6.45, 7) is 5.34. The van der Waals surface area contributed by atoms with Crippen LogP contribution in [0, 0.1) is 0 Å². The molecule has 0 amide bonds. The lowest BCUT2D eigenvalue weighted by Gasteiger charge is -2.11. The van der Waals surface area contributed by atoms with E-state index in [1.54, 1.807) is 0 Å². The molecule has 0 saturated heterocycles. The molecule has 20 heavy (non-hydrogen) atoms. The molecule has 0 radical (unpaired) electrons. The maximum atomic E-state index is 5.65. The first kappa shape index (κ1) is 15.0. The molecule has 1 heterocycles. The number of ether oxygens (including phenoxy) is 2. The maximum Gasteiger partial charge on any atom is 0.278 e. The minimum absolute atomic E-state index is 0.486. The number of benzene rings is 1. The molecule has 0 N–H and O–H groups in total. The van der Waals surface area contributed by atoms with E-state index in [4.69, 9.17) is 9.47 Å². The molecule has 2 aromatic rings. The van der Waals surface area contributed by atoms with Gasteiger partial charge in [0.2, 0.25) is 0 Å². The van der Waals surface area contributed by atoms with Crippen molar-refractivity contribution in [3.8, 4) is 11.8 Å². The zero-order valence-electron chi connectivity index (χ0n) is 11.9. The van der Waals surface area contributed by atoms with Crippen molar-refractivity contribution in [2.45, 2.75) is 32.0 Å². The summed E-state index contributed by atoms with van der Waals surface area (Å²) in [5.74, 6) is 0.971. The summed E-state index contributed by atoms with van der Waals surface area (Å²) in [5, 5.41) is 0.795. The second kappa shape index (κ2) is 7.43. The Labute approximate surface area is 127 Å². The van der Waals surface area contributed by atoms with Crippen molar-refractivity contribution in [1.29, 1.82) is 0 Å². The van der Waals surface area contributed by atoms with Crippen molar-refractivity contribution in [2.75, 3.05) is 13.2 Å². The van der Waals surface area contributed by atoms with Crippen molar-refractivity contribution in [3.05, 3.63) is 23.8 Å². The number of hydrogen-bond donors (Lipinski definition) is 0. The van der Waals surface area contributed by atoms with Crippen LogP contribution in [-0.2, 0) is 5.33 Å². The zero-order chi connectivity index (χ0) is 14.4. The third kappa shape index (κ3) is 3.60. The van der Waals surface area contributed by atoms with E-state index in [0.717, 1.165) is 34.8 Å². The van der Waals surface area contributed by atoms with Crippen molar-refractivity contribution < 1.29 is 9.47 Å². The summed E-state index contributed by atoms with van der Waals surface area (Å²) in [6, 6.07) is 6.00. The van der Waals surface area contributed by atoms with Crippen LogP contribution in [0.1, 0.15) is 32.3 Å². The first-order chi connectivity index (χ1) is 9.78. The Morgan fingerprint density at radius 1 is 0.950 bits per heavy atom. The normalized spacial score (nSPS) is 10.8. The van der Waals surface area contributed by atoms with Crippen LogP contribution < -0.4 is 9.47 Å². The summed E-state index contributed by atoms with van der Waals surface area (Å²) in [6.07, 6.45) is 1.85. The first-order valence-electron chi connectivity index (χ1n) is 6.90. The van der Waals surface area contributed by atoms with Crippen LogP contribution in [-0.4, -0.2) is 23.2 Å². The van der Waals surface area contributed by atoms with Gasteiger partial charge in [0.05, 0.1) is 24.2 Å². The molecule has 2 rings (SSSR count). The molecule has 0 spiro atoms. The fourth-order valence-electron chi connectivity index (χ4n) is 1.74. The molecular formula is C15H19BrN2O2. The highest BCUT2D eigenvalue weighted by Gasteiger charge is 2.12. The van der Waals surface area contributed by atoms with Gasteiger partial charge in [-0.05, 0) is 30.5 Å². The van der Waals surface area contributed by atoms with Gasteiger partial charge in [0.25, 0.3) is 11.8 Å². The van der Waals surface area contributed by atoms with Crippen LogP contribution in [0.4, 0.5) is 0 Å². The Kier molecular flexibility index (Phi) is 5.59. The van der Waals surface area contributed by atoms with E-state index in [1.165, 1.54) is 0 Å². The van der Waals surface area contributed by atoms with Crippen LogP contribution >= 0.6 is 15.9 Å². The molecule has 0 atom stereocenters. The average Bonchev–Trinajstić information content (AvgIpc) is 2.49. The summed E-state index contributed by atoms with van der Waals surface area (Å²) in [5.41, 5.74) is 2.82. The lowest BCUT2D eigenvalue weighted by molar-refractivity contribution is 0.252. The molecule has 0 aliphatic heterocycles. The summed E-state index contributed by atoms with van der Waals surface area (Å²) in [4.78, 5) is 9.06. The fraction of sp³-hybridized carbons (Fsp3) is 0.467. The maximum absolute atomic E-state index is 5.65. The van der Waals surface area contributed by atoms with Crippen LogP contribution in [0.5, 0.6) is 11.8 Å². The largest absolute Gasteiger partial charge is 0.474 e. The molecule has 0 fully saturated rings. The van der Waals surface area contributed by atoms with Crippen LogP contribution in [0.3, 0.4) is 0 Å². The van der Waals surface area contributed by atoms with E-state index in [9.17, 15) is 0 Å². The van der Waals surface area contributed by atoms with E-state index in [1.807, 2.05) is 18.2 Å². The van der Waals surface area contributed by atoms with Gasteiger partial charge in [0.15, 0.2) is 0 Å². The lowest BCUT2D eigenvalue weighted by Crippen LogP contribution is -2.05. The van der Waals surface area contributed by atoms with Gasteiger partial charge < -0.3 is 9.47 Å². The van der Waals surface area contributed by atoms with Gasteiger partial charge in [-0.25, -0.2) is 9.97 Å². The Morgan fingerprint density at radius 3 is 2.10 bits per heavy atom. The van der Waals surface area contributed by atoms with Gasteiger partial charge in [0, 0.05) is 5.33 Å². The molecule has 0 aliphatic carbocycles. The van der Waals surface area contributed by atoms with Crippen LogP contribution in [0.25, 0.3) is 11.0 Å². The van der Waals surface area contributed by atoms with Gasteiger partial charge in [-0.1, -0.05) is 35.8 Å². The monoisotopic (exact) mass is 338 g/mol. The van der Waals surface area contributed by atoms with Gasteiger partial charge >= 0.3 is 0 Å². The highest BCUT2D eigenvalue weighted by atomic mass is 79.9. The predicted octanol–water partition coefficient (Wildman–Crippen LogP) is 4.10. The van der Waals surface area contributed by atoms with E-state index < -0.39 is 0 Å². The second-order valence-corrected chi connectivity index (χ2v) is 5.05. The molecule has 0 aliphatic rings. The highest BCUT2D eigenvalue weighted by molar-refractivity contribution is 9.08. The Morgan fingerprint density at radius 2 is 1.55 bits per heavy atom. The average molecular weight is 339 g/mol. The summed E-state index contributed by atoms with van der Waals surface area (Å²) >= 11 is 3.45. The third-order valence-corrected chi connectivity index (χ3v) is 3.35. The van der Waals surface area contributed by atoms with E-state index in [0.29, 0.717) is 25.0 Å². The zero-order valence-corrected chi connectivity index (χ0v) is 13.4. The standard InChI is InChI=1S/C15H19BrN2O2/c1-3-7-19-14-15(20-8-4-2)18-13-9-11(10-16)5-6-12(13)17-14/h5-6,9H,3-4,7-8,10H2,1-2H3. The minimum atomic E-state index is 0.486. The van der Waals surface area contributed by atoms with Gasteiger partial charge in [-0.3, -0.25) is 0 Å². The Hall–Kier alpha value is -1.36. The minimum Gasteiger partial charge on any atom is -0.474 e. The molecule has 0 bridgehead atoms. The topological polar surface area (TPSA) is 44.2 Å².